The third-order valence-corrected chi connectivity index (χ3v) is 6.30. The first-order valence-corrected chi connectivity index (χ1v) is 9.21. The van der Waals surface area contributed by atoms with E-state index in [0.717, 1.165) is 11.3 Å². The highest BCUT2D eigenvalue weighted by atomic mass is 35.5. The Bertz CT molecular complexity index is 806. The van der Waals surface area contributed by atoms with Gasteiger partial charge in [-0.25, -0.2) is 13.1 Å². The maximum Gasteiger partial charge on any atom is 0.250 e. The molecule has 0 spiro atoms. The molecule has 0 radical (unpaired) electrons. The molecule has 2 rings (SSSR count). The summed E-state index contributed by atoms with van der Waals surface area (Å²) in [5.41, 5.74) is 0.415. The molecule has 1 amide bonds. The van der Waals surface area contributed by atoms with Gasteiger partial charge in [0.05, 0.1) is 20.9 Å². The molecule has 0 aliphatic carbocycles. The summed E-state index contributed by atoms with van der Waals surface area (Å²) in [6.07, 6.45) is 0. The third kappa shape index (κ3) is 4.58. The quantitative estimate of drug-likeness (QED) is 0.806. The second-order valence-corrected chi connectivity index (χ2v) is 8.58. The number of rotatable bonds is 5. The van der Waals surface area contributed by atoms with Crippen molar-refractivity contribution in [3.63, 3.8) is 0 Å². The first-order chi connectivity index (χ1) is 10.3. The van der Waals surface area contributed by atoms with Gasteiger partial charge in [-0.15, -0.1) is 11.3 Å². The Morgan fingerprint density at radius 1 is 1.09 bits per heavy atom. The summed E-state index contributed by atoms with van der Waals surface area (Å²) in [4.78, 5) is 11.8. The number of thiophene rings is 1. The summed E-state index contributed by atoms with van der Waals surface area (Å²) in [6, 6.07) is 7.38. The number of benzene rings is 1. The average molecular weight is 400 g/mol. The Morgan fingerprint density at radius 2 is 1.82 bits per heavy atom. The molecule has 0 aliphatic rings. The Kier molecular flexibility index (Phi) is 5.70. The van der Waals surface area contributed by atoms with Crippen LogP contribution in [0.5, 0.6) is 0 Å². The minimum Gasteiger partial charge on any atom is -0.325 e. The number of hydrogen-bond acceptors (Lipinski definition) is 4. The second kappa shape index (κ2) is 7.16. The van der Waals surface area contributed by atoms with E-state index in [-0.39, 0.29) is 9.23 Å². The van der Waals surface area contributed by atoms with Crippen molar-refractivity contribution in [2.45, 2.75) is 4.21 Å². The van der Waals surface area contributed by atoms with Crippen molar-refractivity contribution >= 4 is 67.8 Å². The topological polar surface area (TPSA) is 75.3 Å². The minimum atomic E-state index is -3.77. The molecule has 1 aromatic carbocycles. The fourth-order valence-electron chi connectivity index (χ4n) is 1.45. The number of amides is 1. The summed E-state index contributed by atoms with van der Waals surface area (Å²) in [5, 5.41) is 3.15. The van der Waals surface area contributed by atoms with Gasteiger partial charge in [0.25, 0.3) is 10.0 Å². The molecule has 1 heterocycles. The van der Waals surface area contributed by atoms with E-state index in [1.54, 1.807) is 6.07 Å². The molecule has 0 saturated heterocycles. The summed E-state index contributed by atoms with van der Waals surface area (Å²) in [6.45, 7) is -0.419. The van der Waals surface area contributed by atoms with Crippen LogP contribution in [0.4, 0.5) is 5.69 Å². The fourth-order valence-corrected chi connectivity index (χ4v) is 4.26. The van der Waals surface area contributed by atoms with E-state index in [9.17, 15) is 13.2 Å². The van der Waals surface area contributed by atoms with Gasteiger partial charge in [-0.1, -0.05) is 34.8 Å². The van der Waals surface area contributed by atoms with E-state index in [1.165, 1.54) is 24.3 Å². The second-order valence-electron chi connectivity index (χ2n) is 4.06. The maximum absolute atomic E-state index is 11.9. The normalized spacial score (nSPS) is 11.4. The molecule has 0 unspecified atom stereocenters. The van der Waals surface area contributed by atoms with Gasteiger partial charge in [0.15, 0.2) is 0 Å². The standard InChI is InChI=1S/C12H9Cl3N2O3S2/c13-8-2-1-7(5-9(8)14)17-11(18)6-16-22(19,20)12-4-3-10(15)21-12/h1-5,16H,6H2,(H,17,18). The lowest BCUT2D eigenvalue weighted by atomic mass is 10.3. The number of hydrogen-bond donors (Lipinski definition) is 2. The highest BCUT2D eigenvalue weighted by Gasteiger charge is 2.17. The van der Waals surface area contributed by atoms with Crippen LogP contribution in [0.3, 0.4) is 0 Å². The van der Waals surface area contributed by atoms with Crippen LogP contribution in [0.15, 0.2) is 34.5 Å². The number of anilines is 1. The number of nitrogens with one attached hydrogen (secondary N) is 2. The molecule has 0 atom stereocenters. The van der Waals surface area contributed by atoms with Crippen molar-refractivity contribution in [3.05, 3.63) is 44.7 Å². The van der Waals surface area contributed by atoms with Gasteiger partial charge >= 0.3 is 0 Å². The van der Waals surface area contributed by atoms with Crippen molar-refractivity contribution in [1.82, 2.24) is 4.72 Å². The Hall–Kier alpha value is -0.830. The van der Waals surface area contributed by atoms with Crippen LogP contribution < -0.4 is 10.0 Å². The predicted octanol–water partition coefficient (Wildman–Crippen LogP) is 3.63. The largest absolute Gasteiger partial charge is 0.325 e. The average Bonchev–Trinajstić information content (AvgIpc) is 2.88. The van der Waals surface area contributed by atoms with Gasteiger partial charge in [-0.3, -0.25) is 4.79 Å². The van der Waals surface area contributed by atoms with Crippen LogP contribution in [0, 0.1) is 0 Å². The van der Waals surface area contributed by atoms with Crippen molar-refractivity contribution in [2.24, 2.45) is 0 Å². The molecule has 10 heteroatoms. The fraction of sp³-hybridized carbons (Fsp3) is 0.0833. The van der Waals surface area contributed by atoms with Crippen LogP contribution in [0.1, 0.15) is 0 Å². The summed E-state index contributed by atoms with van der Waals surface area (Å²) >= 11 is 18.2. The van der Waals surface area contributed by atoms with Crippen molar-refractivity contribution in [1.29, 1.82) is 0 Å². The highest BCUT2D eigenvalue weighted by molar-refractivity contribution is 7.91. The van der Waals surface area contributed by atoms with Crippen LogP contribution >= 0.6 is 46.1 Å². The molecule has 22 heavy (non-hydrogen) atoms. The molecular formula is C12H9Cl3N2O3S2. The first-order valence-electron chi connectivity index (χ1n) is 5.78. The lowest BCUT2D eigenvalue weighted by Crippen LogP contribution is -2.32. The molecule has 0 aliphatic heterocycles. The molecule has 2 aromatic rings. The summed E-state index contributed by atoms with van der Waals surface area (Å²) < 4.78 is 26.4. The van der Waals surface area contributed by atoms with E-state index >= 15 is 0 Å². The zero-order valence-electron chi connectivity index (χ0n) is 10.8. The smallest absolute Gasteiger partial charge is 0.250 e. The van der Waals surface area contributed by atoms with Gasteiger partial charge in [0.2, 0.25) is 5.91 Å². The van der Waals surface area contributed by atoms with E-state index < -0.39 is 22.5 Å². The van der Waals surface area contributed by atoms with Gasteiger partial charge < -0.3 is 5.32 Å². The van der Waals surface area contributed by atoms with Crippen molar-refractivity contribution in [3.8, 4) is 0 Å². The number of carbonyl (C=O) groups is 1. The number of sulfonamides is 1. The van der Waals surface area contributed by atoms with Crippen molar-refractivity contribution < 1.29 is 13.2 Å². The molecule has 0 fully saturated rings. The Morgan fingerprint density at radius 3 is 2.41 bits per heavy atom. The molecule has 1 aromatic heterocycles. The van der Waals surface area contributed by atoms with Crippen molar-refractivity contribution in [2.75, 3.05) is 11.9 Å². The van der Waals surface area contributed by atoms with Crippen LogP contribution in [0.2, 0.25) is 14.4 Å². The highest BCUT2D eigenvalue weighted by Crippen LogP contribution is 2.26. The third-order valence-electron chi connectivity index (χ3n) is 2.44. The molecule has 118 valence electrons. The zero-order chi connectivity index (χ0) is 16.3. The van der Waals surface area contributed by atoms with E-state index in [2.05, 4.69) is 10.0 Å². The summed E-state index contributed by atoms with van der Waals surface area (Å²) in [5.74, 6) is -0.537. The van der Waals surface area contributed by atoms with Crippen LogP contribution in [-0.2, 0) is 14.8 Å². The molecule has 5 nitrogen and oxygen atoms in total. The van der Waals surface area contributed by atoms with Gasteiger partial charge in [-0.05, 0) is 30.3 Å². The zero-order valence-corrected chi connectivity index (χ0v) is 14.7. The van der Waals surface area contributed by atoms with Crippen LogP contribution in [-0.4, -0.2) is 20.9 Å². The monoisotopic (exact) mass is 398 g/mol. The molecular weight excluding hydrogens is 391 g/mol. The first kappa shape index (κ1) is 17.5. The Labute approximate surface area is 146 Å². The van der Waals surface area contributed by atoms with E-state index in [4.69, 9.17) is 34.8 Å². The lowest BCUT2D eigenvalue weighted by Gasteiger charge is -2.07. The van der Waals surface area contributed by atoms with Gasteiger partial charge in [-0.2, -0.15) is 0 Å². The summed E-state index contributed by atoms with van der Waals surface area (Å²) in [7, 11) is -3.77. The number of carbonyl (C=O) groups excluding carboxylic acids is 1. The van der Waals surface area contributed by atoms with E-state index in [0.29, 0.717) is 15.0 Å². The van der Waals surface area contributed by atoms with Gasteiger partial charge in [0, 0.05) is 5.69 Å². The van der Waals surface area contributed by atoms with Gasteiger partial charge in [0.1, 0.15) is 4.21 Å². The predicted molar refractivity (Wildman–Crippen MR) is 89.6 cm³/mol. The van der Waals surface area contributed by atoms with E-state index in [1.807, 2.05) is 0 Å². The Balaban J connectivity index is 1.96. The molecule has 0 bridgehead atoms. The number of halogens is 3. The van der Waals surface area contributed by atoms with Crippen LogP contribution in [0.25, 0.3) is 0 Å². The molecule has 0 saturated carbocycles. The maximum atomic E-state index is 11.9. The lowest BCUT2D eigenvalue weighted by molar-refractivity contribution is -0.115. The molecule has 2 N–H and O–H groups in total. The SMILES string of the molecule is O=C(CNS(=O)(=O)c1ccc(Cl)s1)Nc1ccc(Cl)c(Cl)c1. The minimum absolute atomic E-state index is 0.0415.